The van der Waals surface area contributed by atoms with Crippen molar-refractivity contribution in [3.05, 3.63) is 36.3 Å². The summed E-state index contributed by atoms with van der Waals surface area (Å²) in [5, 5.41) is 0. The van der Waals surface area contributed by atoms with E-state index < -0.39 is 0 Å². The van der Waals surface area contributed by atoms with Gasteiger partial charge in [-0.1, -0.05) is 6.07 Å². The smallest absolute Gasteiger partial charge is 0.155 e. The lowest BCUT2D eigenvalue weighted by molar-refractivity contribution is 0.243. The van der Waals surface area contributed by atoms with Gasteiger partial charge in [0.2, 0.25) is 0 Å². The predicted octanol–water partition coefficient (Wildman–Crippen LogP) is 2.21. The van der Waals surface area contributed by atoms with Crippen LogP contribution in [0.3, 0.4) is 0 Å². The van der Waals surface area contributed by atoms with Crippen LogP contribution in [0.15, 0.2) is 30.7 Å². The fourth-order valence-corrected chi connectivity index (χ4v) is 3.63. The highest BCUT2D eigenvalue weighted by Crippen LogP contribution is 2.41. The van der Waals surface area contributed by atoms with Crippen LogP contribution >= 0.6 is 0 Å². The Morgan fingerprint density at radius 2 is 2.16 bits per heavy atom. The van der Waals surface area contributed by atoms with Gasteiger partial charge in [-0.2, -0.15) is 0 Å². The fraction of sp³-hybridized carbons (Fsp3) is 0.467. The highest BCUT2D eigenvalue weighted by Gasteiger charge is 2.42. The van der Waals surface area contributed by atoms with Crippen LogP contribution in [-0.2, 0) is 5.41 Å². The number of hydrogen-bond acceptors (Lipinski definition) is 3. The van der Waals surface area contributed by atoms with Crippen LogP contribution in [0.4, 0.5) is 0 Å². The lowest BCUT2D eigenvalue weighted by Gasteiger charge is -2.34. The zero-order valence-corrected chi connectivity index (χ0v) is 11.0. The van der Waals surface area contributed by atoms with Crippen LogP contribution in [0.1, 0.15) is 24.8 Å². The molecule has 0 spiro atoms. The normalized spacial score (nSPS) is 29.6. The molecule has 2 fully saturated rings. The number of aromatic amines is 1. The molecule has 0 amide bonds. The maximum Gasteiger partial charge on any atom is 0.155 e. The van der Waals surface area contributed by atoms with Crippen LogP contribution in [0.5, 0.6) is 0 Å². The fourth-order valence-electron chi connectivity index (χ4n) is 3.63. The summed E-state index contributed by atoms with van der Waals surface area (Å²) >= 11 is 0. The second kappa shape index (κ2) is 4.17. The molecule has 2 aromatic rings. The zero-order valence-electron chi connectivity index (χ0n) is 11.0. The van der Waals surface area contributed by atoms with Crippen LogP contribution in [0.25, 0.3) is 11.5 Å². The molecule has 98 valence electrons. The minimum absolute atomic E-state index is 0.368. The molecular weight excluding hydrogens is 236 g/mol. The van der Waals surface area contributed by atoms with Crippen molar-refractivity contribution in [2.24, 2.45) is 0 Å². The molecule has 2 atom stereocenters. The average molecular weight is 254 g/mol. The Balaban J connectivity index is 1.66. The molecule has 4 nitrogen and oxygen atoms in total. The predicted molar refractivity (Wildman–Crippen MR) is 73.8 cm³/mol. The van der Waals surface area contributed by atoms with E-state index in [-0.39, 0.29) is 0 Å². The summed E-state index contributed by atoms with van der Waals surface area (Å²) in [6.45, 7) is 3.74. The van der Waals surface area contributed by atoms with Crippen molar-refractivity contribution in [1.29, 1.82) is 0 Å². The molecule has 4 rings (SSSR count). The van der Waals surface area contributed by atoms with E-state index in [0.717, 1.165) is 11.5 Å². The number of H-pyrrole nitrogens is 1. The average Bonchev–Trinajstić information content (AvgIpc) is 3.09. The number of aromatic nitrogens is 3. The SMILES string of the molecule is c1c[nH]c(-c2ccc(C34CCCN(CC3)C4)cn2)n1. The van der Waals surface area contributed by atoms with Gasteiger partial charge in [0.25, 0.3) is 0 Å². The first-order valence-electron chi connectivity index (χ1n) is 7.04. The van der Waals surface area contributed by atoms with E-state index in [1.165, 1.54) is 44.5 Å². The number of fused-ring (bicyclic) bond motifs is 2. The molecule has 4 heterocycles. The van der Waals surface area contributed by atoms with Gasteiger partial charge in [-0.05, 0) is 44.0 Å². The zero-order chi connectivity index (χ0) is 12.7. The van der Waals surface area contributed by atoms with E-state index in [1.54, 1.807) is 6.20 Å². The number of piperidine rings is 1. The van der Waals surface area contributed by atoms with Gasteiger partial charge in [0, 0.05) is 30.6 Å². The molecule has 2 unspecified atom stereocenters. The van der Waals surface area contributed by atoms with Crippen molar-refractivity contribution in [2.45, 2.75) is 24.7 Å². The number of pyridine rings is 1. The van der Waals surface area contributed by atoms with Gasteiger partial charge < -0.3 is 9.88 Å². The number of rotatable bonds is 2. The molecule has 2 bridgehead atoms. The summed E-state index contributed by atoms with van der Waals surface area (Å²) in [4.78, 5) is 14.5. The number of imidazole rings is 1. The Morgan fingerprint density at radius 3 is 2.95 bits per heavy atom. The molecule has 4 heteroatoms. The summed E-state index contributed by atoms with van der Waals surface area (Å²) in [5.74, 6) is 0.848. The third-order valence-electron chi connectivity index (χ3n) is 4.68. The molecule has 1 N–H and O–H groups in total. The summed E-state index contributed by atoms with van der Waals surface area (Å²) < 4.78 is 0. The highest BCUT2D eigenvalue weighted by atomic mass is 15.2. The lowest BCUT2D eigenvalue weighted by Crippen LogP contribution is -2.36. The molecule has 0 radical (unpaired) electrons. The van der Waals surface area contributed by atoms with Crippen LogP contribution in [-0.4, -0.2) is 39.5 Å². The van der Waals surface area contributed by atoms with E-state index in [0.29, 0.717) is 5.41 Å². The maximum atomic E-state index is 4.60. The molecule has 0 aromatic carbocycles. The molecule has 0 aliphatic carbocycles. The van der Waals surface area contributed by atoms with Crippen molar-refractivity contribution in [2.75, 3.05) is 19.6 Å². The van der Waals surface area contributed by atoms with E-state index >= 15 is 0 Å². The van der Waals surface area contributed by atoms with E-state index in [9.17, 15) is 0 Å². The Hall–Kier alpha value is -1.68. The van der Waals surface area contributed by atoms with Crippen molar-refractivity contribution in [1.82, 2.24) is 19.9 Å². The molecular formula is C15H18N4. The summed E-state index contributed by atoms with van der Waals surface area (Å²) in [6, 6.07) is 4.35. The lowest BCUT2D eigenvalue weighted by atomic mass is 9.75. The topological polar surface area (TPSA) is 44.8 Å². The second-order valence-corrected chi connectivity index (χ2v) is 5.78. The summed E-state index contributed by atoms with van der Waals surface area (Å²) in [6.07, 6.45) is 9.58. The van der Waals surface area contributed by atoms with Crippen molar-refractivity contribution in [3.63, 3.8) is 0 Å². The Labute approximate surface area is 112 Å². The van der Waals surface area contributed by atoms with Gasteiger partial charge in [0.1, 0.15) is 5.69 Å². The monoisotopic (exact) mass is 254 g/mol. The number of nitrogens with one attached hydrogen (secondary N) is 1. The first-order valence-corrected chi connectivity index (χ1v) is 7.04. The summed E-state index contributed by atoms with van der Waals surface area (Å²) in [7, 11) is 0. The van der Waals surface area contributed by atoms with Gasteiger partial charge in [0.15, 0.2) is 5.82 Å². The molecule has 2 aliphatic heterocycles. The Morgan fingerprint density at radius 1 is 1.16 bits per heavy atom. The Kier molecular flexibility index (Phi) is 2.45. The van der Waals surface area contributed by atoms with Crippen LogP contribution < -0.4 is 0 Å². The van der Waals surface area contributed by atoms with Crippen molar-refractivity contribution >= 4 is 0 Å². The van der Waals surface area contributed by atoms with Gasteiger partial charge in [0.05, 0.1) is 0 Å². The number of nitrogens with zero attached hydrogens (tertiary/aromatic N) is 3. The minimum atomic E-state index is 0.368. The van der Waals surface area contributed by atoms with E-state index in [4.69, 9.17) is 0 Å². The van der Waals surface area contributed by atoms with E-state index in [2.05, 4.69) is 38.2 Å². The Bertz CT molecular complexity index is 556. The largest absolute Gasteiger partial charge is 0.343 e. The van der Waals surface area contributed by atoms with Gasteiger partial charge in [-0.25, -0.2) is 4.98 Å². The minimum Gasteiger partial charge on any atom is -0.343 e. The van der Waals surface area contributed by atoms with Crippen LogP contribution in [0, 0.1) is 0 Å². The van der Waals surface area contributed by atoms with Gasteiger partial charge in [-0.15, -0.1) is 0 Å². The standard InChI is InChI=1S/C15H18N4/c1-4-15(5-9-19(8-1)11-15)12-2-3-13(18-10-12)14-16-6-7-17-14/h2-3,6-7,10H,1,4-5,8-9,11H2,(H,16,17). The van der Waals surface area contributed by atoms with E-state index in [1.807, 2.05) is 6.20 Å². The highest BCUT2D eigenvalue weighted by molar-refractivity contribution is 5.49. The molecule has 19 heavy (non-hydrogen) atoms. The third kappa shape index (κ3) is 1.78. The molecule has 0 saturated carbocycles. The first-order chi connectivity index (χ1) is 9.36. The van der Waals surface area contributed by atoms with Gasteiger partial charge >= 0.3 is 0 Å². The van der Waals surface area contributed by atoms with Crippen LogP contribution in [0.2, 0.25) is 0 Å². The van der Waals surface area contributed by atoms with Gasteiger partial charge in [-0.3, -0.25) is 4.98 Å². The number of hydrogen-bond donors (Lipinski definition) is 1. The molecule has 2 aliphatic rings. The van der Waals surface area contributed by atoms with Crippen molar-refractivity contribution < 1.29 is 0 Å². The third-order valence-corrected chi connectivity index (χ3v) is 4.68. The quantitative estimate of drug-likeness (QED) is 0.893. The first kappa shape index (κ1) is 11.2. The maximum absolute atomic E-state index is 4.60. The second-order valence-electron chi connectivity index (χ2n) is 5.78. The summed E-state index contributed by atoms with van der Waals surface area (Å²) in [5.41, 5.74) is 2.70. The van der Waals surface area contributed by atoms with Crippen molar-refractivity contribution in [3.8, 4) is 11.5 Å². The molecule has 2 saturated heterocycles. The molecule has 2 aromatic heterocycles.